The molecule has 1 aliphatic heterocycles. The first kappa shape index (κ1) is 16.6. The zero-order chi connectivity index (χ0) is 14.5. The summed E-state index contributed by atoms with van der Waals surface area (Å²) < 4.78 is 33.1. The molecule has 0 spiro atoms. The SMILES string of the molecule is CCOP(=O)(CC[C@H]1O[C@H](C(=O)O)[C@@H](C)O1)OCC. The molecule has 0 aromatic heterocycles. The van der Waals surface area contributed by atoms with E-state index in [1.807, 2.05) is 0 Å². The molecule has 8 heteroatoms. The van der Waals surface area contributed by atoms with Gasteiger partial charge in [0, 0.05) is 6.42 Å². The van der Waals surface area contributed by atoms with Crippen LogP contribution < -0.4 is 0 Å². The minimum absolute atomic E-state index is 0.137. The standard InChI is InChI=1S/C11H21O7P/c1-4-15-19(14,16-5-2)7-6-9-17-8(3)10(18-9)11(12)13/h8-10H,4-7H2,1-3H3,(H,12,13)/t8-,9-,10+/m1/s1. The van der Waals surface area contributed by atoms with Crippen molar-refractivity contribution in [1.82, 2.24) is 0 Å². The number of hydrogen-bond donors (Lipinski definition) is 1. The largest absolute Gasteiger partial charge is 0.479 e. The third-order valence-electron chi connectivity index (χ3n) is 2.62. The van der Waals surface area contributed by atoms with E-state index in [4.69, 9.17) is 23.6 Å². The van der Waals surface area contributed by atoms with Crippen molar-refractivity contribution in [3.05, 3.63) is 0 Å². The first-order valence-electron chi connectivity index (χ1n) is 6.33. The number of rotatable bonds is 8. The molecule has 0 aromatic carbocycles. The topological polar surface area (TPSA) is 91.3 Å². The van der Waals surface area contributed by atoms with Crippen LogP contribution in [0.3, 0.4) is 0 Å². The summed E-state index contributed by atoms with van der Waals surface area (Å²) in [6, 6.07) is 0. The van der Waals surface area contributed by atoms with Gasteiger partial charge in [0.2, 0.25) is 0 Å². The molecule has 0 bridgehead atoms. The van der Waals surface area contributed by atoms with Gasteiger partial charge >= 0.3 is 13.6 Å². The Labute approximate surface area is 112 Å². The minimum Gasteiger partial charge on any atom is -0.479 e. The molecule has 1 fully saturated rings. The lowest BCUT2D eigenvalue weighted by molar-refractivity contribution is -0.150. The lowest BCUT2D eigenvalue weighted by atomic mass is 10.2. The summed E-state index contributed by atoms with van der Waals surface area (Å²) in [4.78, 5) is 10.9. The van der Waals surface area contributed by atoms with E-state index < -0.39 is 32.1 Å². The third kappa shape index (κ3) is 4.85. The van der Waals surface area contributed by atoms with E-state index in [2.05, 4.69) is 0 Å². The van der Waals surface area contributed by atoms with Crippen LogP contribution in [0.2, 0.25) is 0 Å². The number of aliphatic carboxylic acids is 1. The van der Waals surface area contributed by atoms with Crippen LogP contribution in [-0.4, -0.2) is 48.9 Å². The molecule has 0 amide bonds. The Bertz CT molecular complexity index is 336. The monoisotopic (exact) mass is 296 g/mol. The van der Waals surface area contributed by atoms with Gasteiger partial charge in [0.15, 0.2) is 12.4 Å². The predicted molar refractivity (Wildman–Crippen MR) is 67.2 cm³/mol. The minimum atomic E-state index is -3.14. The molecule has 1 heterocycles. The van der Waals surface area contributed by atoms with Crippen molar-refractivity contribution in [2.45, 2.75) is 45.7 Å². The van der Waals surface area contributed by atoms with Crippen molar-refractivity contribution in [3.8, 4) is 0 Å². The molecular formula is C11H21O7P. The Hall–Kier alpha value is -0.460. The highest BCUT2D eigenvalue weighted by atomic mass is 31.2. The van der Waals surface area contributed by atoms with Crippen LogP contribution in [0.1, 0.15) is 27.2 Å². The van der Waals surface area contributed by atoms with Gasteiger partial charge < -0.3 is 23.6 Å². The molecule has 0 radical (unpaired) electrons. The molecule has 19 heavy (non-hydrogen) atoms. The van der Waals surface area contributed by atoms with Crippen LogP contribution in [0.5, 0.6) is 0 Å². The normalized spacial score (nSPS) is 27.6. The van der Waals surface area contributed by atoms with Crippen molar-refractivity contribution in [1.29, 1.82) is 0 Å². The summed E-state index contributed by atoms with van der Waals surface area (Å²) >= 11 is 0. The highest BCUT2D eigenvalue weighted by Crippen LogP contribution is 2.49. The summed E-state index contributed by atoms with van der Waals surface area (Å²) in [7, 11) is -3.14. The third-order valence-corrected chi connectivity index (χ3v) is 4.73. The second-order valence-electron chi connectivity index (χ2n) is 4.12. The van der Waals surface area contributed by atoms with E-state index in [9.17, 15) is 9.36 Å². The number of carboxylic acids is 1. The van der Waals surface area contributed by atoms with Gasteiger partial charge in [-0.25, -0.2) is 4.79 Å². The van der Waals surface area contributed by atoms with Gasteiger partial charge in [0.25, 0.3) is 0 Å². The van der Waals surface area contributed by atoms with E-state index in [-0.39, 0.29) is 25.8 Å². The van der Waals surface area contributed by atoms with Gasteiger partial charge in [0.1, 0.15) is 0 Å². The highest BCUT2D eigenvalue weighted by Gasteiger charge is 2.39. The fourth-order valence-electron chi connectivity index (χ4n) is 1.84. The summed E-state index contributed by atoms with van der Waals surface area (Å²) in [5.41, 5.74) is 0. The van der Waals surface area contributed by atoms with Gasteiger partial charge in [-0.3, -0.25) is 4.57 Å². The van der Waals surface area contributed by atoms with Crippen LogP contribution in [-0.2, 0) is 27.9 Å². The van der Waals surface area contributed by atoms with E-state index in [1.54, 1.807) is 20.8 Å². The van der Waals surface area contributed by atoms with Gasteiger partial charge in [-0.2, -0.15) is 0 Å². The summed E-state index contributed by atoms with van der Waals surface area (Å²) in [6.45, 7) is 5.67. The zero-order valence-electron chi connectivity index (χ0n) is 11.4. The summed E-state index contributed by atoms with van der Waals surface area (Å²) in [6.07, 6.45) is -1.79. The molecule has 1 N–H and O–H groups in total. The molecule has 0 saturated carbocycles. The van der Waals surface area contributed by atoms with E-state index in [0.717, 1.165) is 0 Å². The second kappa shape index (κ2) is 7.36. The first-order valence-corrected chi connectivity index (χ1v) is 8.06. The molecule has 0 aromatic rings. The fraction of sp³-hybridized carbons (Fsp3) is 0.909. The maximum Gasteiger partial charge on any atom is 0.335 e. The average molecular weight is 296 g/mol. The molecule has 1 rings (SSSR count). The Morgan fingerprint density at radius 2 is 1.84 bits per heavy atom. The predicted octanol–water partition coefficient (Wildman–Crippen LogP) is 1.86. The number of carboxylic acid groups (broad SMARTS) is 1. The highest BCUT2D eigenvalue weighted by molar-refractivity contribution is 7.53. The van der Waals surface area contributed by atoms with Crippen LogP contribution in [0.25, 0.3) is 0 Å². The van der Waals surface area contributed by atoms with Crippen molar-refractivity contribution in [2.75, 3.05) is 19.4 Å². The van der Waals surface area contributed by atoms with Crippen molar-refractivity contribution in [2.24, 2.45) is 0 Å². The zero-order valence-corrected chi connectivity index (χ0v) is 12.3. The quantitative estimate of drug-likeness (QED) is 0.683. The second-order valence-corrected chi connectivity index (χ2v) is 6.31. The average Bonchev–Trinajstić information content (AvgIpc) is 2.69. The van der Waals surface area contributed by atoms with E-state index in [1.165, 1.54) is 0 Å². The molecule has 112 valence electrons. The Morgan fingerprint density at radius 3 is 2.26 bits per heavy atom. The fourth-order valence-corrected chi connectivity index (χ4v) is 3.48. The van der Waals surface area contributed by atoms with Crippen LogP contribution in [0.15, 0.2) is 0 Å². The summed E-state index contributed by atoms with van der Waals surface area (Å²) in [5.74, 6) is -1.06. The van der Waals surface area contributed by atoms with Crippen molar-refractivity contribution >= 4 is 13.6 Å². The van der Waals surface area contributed by atoms with Crippen LogP contribution in [0, 0.1) is 0 Å². The lowest BCUT2D eigenvalue weighted by Crippen LogP contribution is -2.28. The van der Waals surface area contributed by atoms with Gasteiger partial charge in [-0.05, 0) is 20.8 Å². The molecule has 0 aliphatic carbocycles. The molecule has 1 aliphatic rings. The van der Waals surface area contributed by atoms with Crippen LogP contribution >= 0.6 is 7.60 Å². The van der Waals surface area contributed by atoms with Crippen molar-refractivity contribution in [3.63, 3.8) is 0 Å². The smallest absolute Gasteiger partial charge is 0.335 e. The van der Waals surface area contributed by atoms with Crippen LogP contribution in [0.4, 0.5) is 0 Å². The van der Waals surface area contributed by atoms with E-state index in [0.29, 0.717) is 0 Å². The summed E-state index contributed by atoms with van der Waals surface area (Å²) in [5, 5.41) is 8.89. The van der Waals surface area contributed by atoms with Gasteiger partial charge in [0.05, 0.1) is 25.5 Å². The number of carbonyl (C=O) groups is 1. The lowest BCUT2D eigenvalue weighted by Gasteiger charge is -2.18. The molecule has 0 unspecified atom stereocenters. The number of ether oxygens (including phenoxy) is 2. The maximum absolute atomic E-state index is 12.2. The van der Waals surface area contributed by atoms with E-state index >= 15 is 0 Å². The Balaban J connectivity index is 2.48. The Morgan fingerprint density at radius 1 is 1.26 bits per heavy atom. The molecule has 1 saturated heterocycles. The molecular weight excluding hydrogens is 275 g/mol. The molecule has 7 nitrogen and oxygen atoms in total. The first-order chi connectivity index (χ1) is 8.91. The van der Waals surface area contributed by atoms with Gasteiger partial charge in [-0.15, -0.1) is 0 Å². The Kier molecular flexibility index (Phi) is 6.42. The molecule has 3 atom stereocenters. The van der Waals surface area contributed by atoms with Crippen molar-refractivity contribution < 1.29 is 33.0 Å². The maximum atomic E-state index is 12.2. The van der Waals surface area contributed by atoms with Gasteiger partial charge in [-0.1, -0.05) is 0 Å². The number of hydrogen-bond acceptors (Lipinski definition) is 6.